The van der Waals surface area contributed by atoms with Gasteiger partial charge in [0, 0.05) is 4.90 Å². The molecule has 1 aromatic carbocycles. The second-order valence-electron chi connectivity index (χ2n) is 7.20. The lowest BCUT2D eigenvalue weighted by molar-refractivity contribution is -0.119. The molecule has 0 aliphatic heterocycles. The Hall–Kier alpha value is -1.47. The quantitative estimate of drug-likeness (QED) is 0.839. The highest BCUT2D eigenvalue weighted by atomic mass is 32.2. The van der Waals surface area contributed by atoms with Gasteiger partial charge in [-0.3, -0.25) is 4.79 Å². The maximum atomic E-state index is 12.1. The fourth-order valence-corrected chi connectivity index (χ4v) is 3.11. The molecule has 1 aliphatic carbocycles. The Morgan fingerprint density at radius 3 is 2.32 bits per heavy atom. The summed E-state index contributed by atoms with van der Waals surface area (Å²) in [6.45, 7) is 8.38. The van der Waals surface area contributed by atoms with Crippen LogP contribution in [0.15, 0.2) is 29.2 Å². The molecule has 4 heteroatoms. The highest BCUT2D eigenvalue weighted by Crippen LogP contribution is 2.39. The van der Waals surface area contributed by atoms with Crippen molar-refractivity contribution in [3.8, 4) is 6.07 Å². The summed E-state index contributed by atoms with van der Waals surface area (Å²) in [6, 6.07) is 10.6. The summed E-state index contributed by atoms with van der Waals surface area (Å²) in [6.07, 6.45) is 2.07. The molecule has 1 amide bonds. The van der Waals surface area contributed by atoms with Crippen molar-refractivity contribution in [3.63, 3.8) is 0 Å². The lowest BCUT2D eigenvalue weighted by Gasteiger charge is -2.22. The molecule has 0 spiro atoms. The van der Waals surface area contributed by atoms with E-state index < -0.39 is 5.54 Å². The van der Waals surface area contributed by atoms with E-state index in [1.807, 2.05) is 6.92 Å². The number of thioether (sulfide) groups is 1. The van der Waals surface area contributed by atoms with Crippen LogP contribution in [0.3, 0.4) is 0 Å². The minimum Gasteiger partial charge on any atom is -0.337 e. The number of carbonyl (C=O) groups excluding carboxylic acids is 1. The van der Waals surface area contributed by atoms with E-state index in [1.165, 1.54) is 17.3 Å². The highest BCUT2D eigenvalue weighted by Gasteiger charge is 2.42. The zero-order valence-corrected chi connectivity index (χ0v) is 14.6. The minimum absolute atomic E-state index is 0.0687. The van der Waals surface area contributed by atoms with Crippen molar-refractivity contribution in [2.24, 2.45) is 5.92 Å². The van der Waals surface area contributed by atoms with Crippen molar-refractivity contribution in [2.45, 2.75) is 56.4 Å². The third-order valence-corrected chi connectivity index (χ3v) is 5.13. The van der Waals surface area contributed by atoms with E-state index in [-0.39, 0.29) is 11.3 Å². The molecule has 1 fully saturated rings. The fraction of sp³-hybridized carbons (Fsp3) is 0.556. The number of nitriles is 1. The topological polar surface area (TPSA) is 52.9 Å². The Morgan fingerprint density at radius 2 is 1.86 bits per heavy atom. The molecule has 1 atom stereocenters. The first-order chi connectivity index (χ1) is 10.2. The van der Waals surface area contributed by atoms with E-state index in [0.717, 1.165) is 17.7 Å². The van der Waals surface area contributed by atoms with Gasteiger partial charge in [-0.15, -0.1) is 11.8 Å². The molecule has 0 aromatic heterocycles. The first kappa shape index (κ1) is 16.9. The molecule has 2 rings (SSSR count). The minimum atomic E-state index is -0.701. The molecular weight excluding hydrogens is 292 g/mol. The van der Waals surface area contributed by atoms with Crippen molar-refractivity contribution >= 4 is 17.7 Å². The Kier molecular flexibility index (Phi) is 4.87. The predicted molar refractivity (Wildman–Crippen MR) is 90.8 cm³/mol. The normalized spacial score (nSPS) is 17.4. The number of benzene rings is 1. The van der Waals surface area contributed by atoms with Crippen LogP contribution in [0.5, 0.6) is 0 Å². The monoisotopic (exact) mass is 316 g/mol. The van der Waals surface area contributed by atoms with E-state index in [4.69, 9.17) is 0 Å². The van der Waals surface area contributed by atoms with Crippen LogP contribution in [0, 0.1) is 17.2 Å². The van der Waals surface area contributed by atoms with Crippen LogP contribution in [0.25, 0.3) is 0 Å². The third kappa shape index (κ3) is 4.27. The largest absolute Gasteiger partial charge is 0.337 e. The summed E-state index contributed by atoms with van der Waals surface area (Å²) in [5.74, 6) is 0.595. The second-order valence-corrected chi connectivity index (χ2v) is 8.25. The van der Waals surface area contributed by atoms with Gasteiger partial charge in [0.25, 0.3) is 0 Å². The van der Waals surface area contributed by atoms with Gasteiger partial charge in [-0.2, -0.15) is 5.26 Å². The summed E-state index contributed by atoms with van der Waals surface area (Å²) in [4.78, 5) is 13.1. The molecule has 0 heterocycles. The average molecular weight is 316 g/mol. The van der Waals surface area contributed by atoms with Gasteiger partial charge in [-0.25, -0.2) is 0 Å². The number of carbonyl (C=O) groups is 1. The molecule has 0 saturated heterocycles. The summed E-state index contributed by atoms with van der Waals surface area (Å²) in [5.41, 5.74) is 0.722. The van der Waals surface area contributed by atoms with Crippen LogP contribution in [0.1, 0.15) is 46.1 Å². The van der Waals surface area contributed by atoms with E-state index in [2.05, 4.69) is 56.4 Å². The van der Waals surface area contributed by atoms with Crippen LogP contribution in [-0.4, -0.2) is 17.2 Å². The SMILES string of the molecule is CC(C)(C)c1ccc(SCC(=O)N[C@](C)(C#N)C2CC2)cc1. The van der Waals surface area contributed by atoms with Gasteiger partial charge < -0.3 is 5.32 Å². The molecule has 0 bridgehead atoms. The number of nitrogens with one attached hydrogen (secondary N) is 1. The molecule has 1 aliphatic rings. The third-order valence-electron chi connectivity index (χ3n) is 4.12. The molecule has 0 radical (unpaired) electrons. The van der Waals surface area contributed by atoms with Gasteiger partial charge in [-0.05, 0) is 48.8 Å². The summed E-state index contributed by atoms with van der Waals surface area (Å²) < 4.78 is 0. The van der Waals surface area contributed by atoms with Gasteiger partial charge in [0.1, 0.15) is 5.54 Å². The van der Waals surface area contributed by atoms with Crippen LogP contribution < -0.4 is 5.32 Å². The number of hydrogen-bond acceptors (Lipinski definition) is 3. The zero-order chi connectivity index (χ0) is 16.4. The van der Waals surface area contributed by atoms with Gasteiger partial charge in [-0.1, -0.05) is 32.9 Å². The Bertz CT molecular complexity index is 579. The zero-order valence-electron chi connectivity index (χ0n) is 13.8. The Labute approximate surface area is 137 Å². The fourth-order valence-electron chi connectivity index (χ4n) is 2.41. The van der Waals surface area contributed by atoms with Crippen molar-refractivity contribution < 1.29 is 4.79 Å². The van der Waals surface area contributed by atoms with Crippen molar-refractivity contribution in [3.05, 3.63) is 29.8 Å². The molecule has 1 N–H and O–H groups in total. The number of hydrogen-bond donors (Lipinski definition) is 1. The number of amides is 1. The highest BCUT2D eigenvalue weighted by molar-refractivity contribution is 8.00. The number of rotatable bonds is 5. The molecule has 3 nitrogen and oxygen atoms in total. The molecule has 1 saturated carbocycles. The first-order valence-electron chi connectivity index (χ1n) is 7.70. The van der Waals surface area contributed by atoms with Gasteiger partial charge in [0.2, 0.25) is 5.91 Å². The summed E-state index contributed by atoms with van der Waals surface area (Å²) in [7, 11) is 0. The summed E-state index contributed by atoms with van der Waals surface area (Å²) >= 11 is 1.51. The van der Waals surface area contributed by atoms with Crippen molar-refractivity contribution in [2.75, 3.05) is 5.75 Å². The lowest BCUT2D eigenvalue weighted by Crippen LogP contribution is -2.47. The van der Waals surface area contributed by atoms with E-state index in [1.54, 1.807) is 0 Å². The second kappa shape index (κ2) is 6.34. The standard InChI is InChI=1S/C18H24N2OS/c1-17(2,3)13-7-9-15(10-8-13)22-11-16(21)20-18(4,12-19)14-5-6-14/h7-10,14H,5-6,11H2,1-4H3,(H,20,21)/t18-/m1/s1. The molecular formula is C18H24N2OS. The maximum Gasteiger partial charge on any atom is 0.231 e. The Balaban J connectivity index is 1.87. The van der Waals surface area contributed by atoms with Crippen molar-refractivity contribution in [1.82, 2.24) is 5.32 Å². The van der Waals surface area contributed by atoms with Gasteiger partial charge in [0.05, 0.1) is 11.8 Å². The maximum absolute atomic E-state index is 12.1. The van der Waals surface area contributed by atoms with E-state index in [0.29, 0.717) is 11.7 Å². The van der Waals surface area contributed by atoms with Crippen molar-refractivity contribution in [1.29, 1.82) is 5.26 Å². The lowest BCUT2D eigenvalue weighted by atomic mass is 9.87. The smallest absolute Gasteiger partial charge is 0.231 e. The summed E-state index contributed by atoms with van der Waals surface area (Å²) in [5, 5.41) is 12.2. The van der Waals surface area contributed by atoms with Crippen LogP contribution >= 0.6 is 11.8 Å². The van der Waals surface area contributed by atoms with Gasteiger partial charge >= 0.3 is 0 Å². The Morgan fingerprint density at radius 1 is 1.27 bits per heavy atom. The molecule has 1 aromatic rings. The predicted octanol–water partition coefficient (Wildman–Crippen LogP) is 3.88. The van der Waals surface area contributed by atoms with Gasteiger partial charge in [0.15, 0.2) is 0 Å². The first-order valence-corrected chi connectivity index (χ1v) is 8.69. The van der Waals surface area contributed by atoms with Crippen LogP contribution in [0.2, 0.25) is 0 Å². The van der Waals surface area contributed by atoms with Crippen LogP contribution in [0.4, 0.5) is 0 Å². The van der Waals surface area contributed by atoms with Crippen LogP contribution in [-0.2, 0) is 10.2 Å². The van der Waals surface area contributed by atoms with E-state index in [9.17, 15) is 10.1 Å². The molecule has 22 heavy (non-hydrogen) atoms. The van der Waals surface area contributed by atoms with E-state index >= 15 is 0 Å². The number of nitrogens with zero attached hydrogens (tertiary/aromatic N) is 1. The average Bonchev–Trinajstić information content (AvgIpc) is 3.29. The molecule has 0 unspecified atom stereocenters. The molecule has 118 valence electrons.